The molecule has 0 saturated heterocycles. The Balaban J connectivity index is 3.09. The first-order chi connectivity index (χ1) is 9.91. The Kier molecular flexibility index (Phi) is 17.9. The average Bonchev–Trinajstić information content (AvgIpc) is 2.47. The van der Waals surface area contributed by atoms with Crippen LogP contribution in [-0.4, -0.2) is 11.7 Å². The molecule has 0 fully saturated rings. The molecule has 0 rings (SSSR count). The number of aliphatic hydroxyl groups excluding tert-OH is 1. The molecule has 0 aliphatic carbocycles. The van der Waals surface area contributed by atoms with Gasteiger partial charge in [0.15, 0.2) is 0 Å². The van der Waals surface area contributed by atoms with Crippen LogP contribution in [0.3, 0.4) is 0 Å². The van der Waals surface area contributed by atoms with Crippen LogP contribution in [0.25, 0.3) is 0 Å². The molecule has 20 heavy (non-hydrogen) atoms. The summed E-state index contributed by atoms with van der Waals surface area (Å²) in [7, 11) is 0. The van der Waals surface area contributed by atoms with Crippen molar-refractivity contribution in [2.75, 3.05) is 6.61 Å². The molecule has 0 radical (unpaired) electrons. The third-order valence-corrected chi connectivity index (χ3v) is 3.64. The van der Waals surface area contributed by atoms with Crippen molar-refractivity contribution in [3.63, 3.8) is 0 Å². The van der Waals surface area contributed by atoms with Crippen LogP contribution in [0.2, 0.25) is 0 Å². The van der Waals surface area contributed by atoms with Gasteiger partial charge in [-0.1, -0.05) is 89.0 Å². The molecule has 0 atom stereocenters. The maximum Gasteiger partial charge on any atom is 0.0433 e. The lowest BCUT2D eigenvalue weighted by molar-refractivity contribution is 0.289. The molecule has 118 valence electrons. The maximum absolute atomic E-state index is 8.63. The first kappa shape index (κ1) is 19.4. The number of allylic oxidation sites excluding steroid dienone is 4. The average molecular weight is 280 g/mol. The molecule has 0 aromatic heterocycles. The van der Waals surface area contributed by atoms with Crippen LogP contribution in [0.15, 0.2) is 24.3 Å². The zero-order valence-corrected chi connectivity index (χ0v) is 13.7. The first-order valence-electron chi connectivity index (χ1n) is 8.84. The van der Waals surface area contributed by atoms with Gasteiger partial charge in [-0.3, -0.25) is 0 Å². The Morgan fingerprint density at radius 2 is 1.05 bits per heavy atom. The summed E-state index contributed by atoms with van der Waals surface area (Å²) in [6.45, 7) is 2.58. The first-order valence-corrected chi connectivity index (χ1v) is 8.84. The van der Waals surface area contributed by atoms with Gasteiger partial charge in [0.05, 0.1) is 0 Å². The molecule has 0 amide bonds. The molecule has 0 spiro atoms. The van der Waals surface area contributed by atoms with E-state index >= 15 is 0 Å². The molecule has 0 aliphatic heterocycles. The van der Waals surface area contributed by atoms with Gasteiger partial charge in [0.25, 0.3) is 0 Å². The van der Waals surface area contributed by atoms with Crippen molar-refractivity contribution in [2.24, 2.45) is 0 Å². The van der Waals surface area contributed by atoms with Crippen LogP contribution in [0.5, 0.6) is 0 Å². The number of aliphatic hydroxyl groups is 1. The minimum atomic E-state index is 0.298. The van der Waals surface area contributed by atoms with E-state index in [0.717, 1.165) is 12.8 Å². The summed E-state index contributed by atoms with van der Waals surface area (Å²) < 4.78 is 0. The zero-order chi connectivity index (χ0) is 14.7. The molecule has 0 unspecified atom stereocenters. The molecule has 0 aromatic rings. The van der Waals surface area contributed by atoms with Crippen molar-refractivity contribution < 1.29 is 5.11 Å². The molecule has 0 bridgehead atoms. The highest BCUT2D eigenvalue weighted by atomic mass is 16.2. The van der Waals surface area contributed by atoms with Crippen molar-refractivity contribution in [3.05, 3.63) is 24.3 Å². The highest BCUT2D eigenvalue weighted by Crippen LogP contribution is 2.11. The second kappa shape index (κ2) is 18.4. The van der Waals surface area contributed by atoms with Crippen molar-refractivity contribution >= 4 is 0 Å². The molecule has 1 heteroatoms. The van der Waals surface area contributed by atoms with Crippen LogP contribution in [0.1, 0.15) is 90.4 Å². The summed E-state index contributed by atoms with van der Waals surface area (Å²) in [5, 5.41) is 8.63. The topological polar surface area (TPSA) is 20.2 Å². The standard InChI is InChI=1S/C19H36O/c1-2-3-4-5-6-7-8-9-10-11-12-13-14-15-16-17-18-19-20/h13-16,20H,2-12,17-19H2,1H3. The number of hydrogen-bond donors (Lipinski definition) is 1. The van der Waals surface area contributed by atoms with E-state index in [-0.39, 0.29) is 0 Å². The van der Waals surface area contributed by atoms with Gasteiger partial charge in [0.1, 0.15) is 0 Å². The molecule has 0 aliphatic rings. The van der Waals surface area contributed by atoms with Crippen LogP contribution in [-0.2, 0) is 0 Å². The monoisotopic (exact) mass is 280 g/mol. The number of hydrogen-bond acceptors (Lipinski definition) is 1. The lowest BCUT2D eigenvalue weighted by Gasteiger charge is -2.01. The minimum Gasteiger partial charge on any atom is -0.396 e. The predicted molar refractivity (Wildman–Crippen MR) is 91.1 cm³/mol. The Morgan fingerprint density at radius 3 is 1.55 bits per heavy atom. The van der Waals surface area contributed by atoms with E-state index < -0.39 is 0 Å². The normalized spacial score (nSPS) is 11.9. The number of rotatable bonds is 15. The van der Waals surface area contributed by atoms with Gasteiger partial charge < -0.3 is 5.11 Å². The summed E-state index contributed by atoms with van der Waals surface area (Å²) in [6, 6.07) is 0. The quantitative estimate of drug-likeness (QED) is 0.280. The van der Waals surface area contributed by atoms with Gasteiger partial charge in [-0.25, -0.2) is 0 Å². The highest BCUT2D eigenvalue weighted by Gasteiger charge is 1.91. The fraction of sp³-hybridized carbons (Fsp3) is 0.789. The fourth-order valence-corrected chi connectivity index (χ4v) is 2.31. The third kappa shape index (κ3) is 17.4. The second-order valence-electron chi connectivity index (χ2n) is 5.69. The van der Waals surface area contributed by atoms with Crippen molar-refractivity contribution in [1.82, 2.24) is 0 Å². The molecule has 1 N–H and O–H groups in total. The lowest BCUT2D eigenvalue weighted by atomic mass is 10.1. The SMILES string of the molecule is CCCCCCCCCCCCC=CC=CCCCO. The highest BCUT2D eigenvalue weighted by molar-refractivity contribution is 5.02. The van der Waals surface area contributed by atoms with E-state index in [2.05, 4.69) is 31.2 Å². The molecule has 0 saturated carbocycles. The molecule has 0 heterocycles. The molecule has 0 aromatic carbocycles. The van der Waals surface area contributed by atoms with E-state index in [1.165, 1.54) is 70.6 Å². The summed E-state index contributed by atoms with van der Waals surface area (Å²) >= 11 is 0. The maximum atomic E-state index is 8.63. The zero-order valence-electron chi connectivity index (χ0n) is 13.7. The van der Waals surface area contributed by atoms with E-state index in [1.54, 1.807) is 0 Å². The molecular weight excluding hydrogens is 244 g/mol. The van der Waals surface area contributed by atoms with Crippen molar-refractivity contribution in [2.45, 2.75) is 90.4 Å². The smallest absolute Gasteiger partial charge is 0.0433 e. The van der Waals surface area contributed by atoms with Crippen LogP contribution >= 0.6 is 0 Å². The minimum absolute atomic E-state index is 0.298. The van der Waals surface area contributed by atoms with E-state index in [4.69, 9.17) is 5.11 Å². The van der Waals surface area contributed by atoms with Gasteiger partial charge in [-0.2, -0.15) is 0 Å². The summed E-state index contributed by atoms with van der Waals surface area (Å²) in [5.74, 6) is 0. The van der Waals surface area contributed by atoms with Gasteiger partial charge in [0.2, 0.25) is 0 Å². The van der Waals surface area contributed by atoms with Crippen molar-refractivity contribution in [3.8, 4) is 0 Å². The van der Waals surface area contributed by atoms with Crippen LogP contribution in [0.4, 0.5) is 0 Å². The Bertz CT molecular complexity index is 218. The Hall–Kier alpha value is -0.560. The van der Waals surface area contributed by atoms with Crippen molar-refractivity contribution in [1.29, 1.82) is 0 Å². The summed E-state index contributed by atoms with van der Waals surface area (Å²) in [4.78, 5) is 0. The third-order valence-electron chi connectivity index (χ3n) is 3.64. The second-order valence-corrected chi connectivity index (χ2v) is 5.69. The Labute approximate surface area is 127 Å². The largest absolute Gasteiger partial charge is 0.396 e. The molecule has 1 nitrogen and oxygen atoms in total. The van der Waals surface area contributed by atoms with E-state index in [9.17, 15) is 0 Å². The van der Waals surface area contributed by atoms with Gasteiger partial charge in [-0.15, -0.1) is 0 Å². The van der Waals surface area contributed by atoms with E-state index in [0.29, 0.717) is 6.61 Å². The van der Waals surface area contributed by atoms with Crippen LogP contribution in [0, 0.1) is 0 Å². The van der Waals surface area contributed by atoms with Gasteiger partial charge in [-0.05, 0) is 25.7 Å². The number of unbranched alkanes of at least 4 members (excludes halogenated alkanes) is 11. The van der Waals surface area contributed by atoms with Gasteiger partial charge in [0, 0.05) is 6.61 Å². The van der Waals surface area contributed by atoms with E-state index in [1.807, 2.05) is 0 Å². The Morgan fingerprint density at radius 1 is 0.600 bits per heavy atom. The molecular formula is C19H36O. The van der Waals surface area contributed by atoms with Crippen LogP contribution < -0.4 is 0 Å². The fourth-order valence-electron chi connectivity index (χ4n) is 2.31. The van der Waals surface area contributed by atoms with Gasteiger partial charge >= 0.3 is 0 Å². The lowest BCUT2D eigenvalue weighted by Crippen LogP contribution is -1.81. The summed E-state index contributed by atoms with van der Waals surface area (Å²) in [6.07, 6.45) is 25.8. The predicted octanol–water partition coefficient (Wildman–Crippen LogP) is 6.18. The summed E-state index contributed by atoms with van der Waals surface area (Å²) in [5.41, 5.74) is 0.